The van der Waals surface area contributed by atoms with Gasteiger partial charge in [-0.15, -0.1) is 0 Å². The molecule has 6 nitrogen and oxygen atoms in total. The Balaban J connectivity index is 2.02. The number of nitriles is 1. The summed E-state index contributed by atoms with van der Waals surface area (Å²) in [5.41, 5.74) is 1.44. The number of hydrogen-bond acceptors (Lipinski definition) is 6. The Hall–Kier alpha value is -2.94. The van der Waals surface area contributed by atoms with Crippen LogP contribution >= 0.6 is 0 Å². The molecule has 0 saturated carbocycles. The molecule has 0 bridgehead atoms. The fraction of sp³-hybridized carbons (Fsp3) is 0.0769. The molecule has 0 atom stereocenters. The van der Waals surface area contributed by atoms with E-state index in [1.165, 1.54) is 0 Å². The van der Waals surface area contributed by atoms with Gasteiger partial charge in [0.15, 0.2) is 0 Å². The SMILES string of the molecule is Cc1oc(C#N)cc1-c1nc(-c2ccncc2)no1. The predicted octanol–water partition coefficient (Wildman–Crippen LogP) is 2.57. The maximum atomic E-state index is 8.79. The number of aromatic nitrogens is 3. The number of furan rings is 1. The highest BCUT2D eigenvalue weighted by molar-refractivity contribution is 5.61. The van der Waals surface area contributed by atoms with Crippen LogP contribution in [-0.4, -0.2) is 15.1 Å². The molecule has 0 aliphatic heterocycles. The van der Waals surface area contributed by atoms with Crippen molar-refractivity contribution in [3.63, 3.8) is 0 Å². The minimum Gasteiger partial charge on any atom is -0.450 e. The van der Waals surface area contributed by atoms with Crippen molar-refractivity contribution >= 4 is 0 Å². The third-order valence-corrected chi connectivity index (χ3v) is 2.62. The molecule has 3 heterocycles. The van der Waals surface area contributed by atoms with E-state index in [2.05, 4.69) is 15.1 Å². The standard InChI is InChI=1S/C13H8N4O2/c1-8-11(6-10(7-14)18-8)13-16-12(17-19-13)9-2-4-15-5-3-9/h2-6H,1H3. The van der Waals surface area contributed by atoms with Crippen LogP contribution in [0.3, 0.4) is 0 Å². The molecule has 0 N–H and O–H groups in total. The van der Waals surface area contributed by atoms with E-state index in [9.17, 15) is 0 Å². The molecule has 0 fully saturated rings. The van der Waals surface area contributed by atoms with Gasteiger partial charge in [0.05, 0.1) is 5.56 Å². The van der Waals surface area contributed by atoms with Crippen LogP contribution in [0.25, 0.3) is 22.8 Å². The Labute approximate surface area is 108 Å². The van der Waals surface area contributed by atoms with E-state index in [-0.39, 0.29) is 5.76 Å². The molecule has 0 unspecified atom stereocenters. The smallest absolute Gasteiger partial charge is 0.261 e. The maximum absolute atomic E-state index is 8.79. The molecule has 19 heavy (non-hydrogen) atoms. The summed E-state index contributed by atoms with van der Waals surface area (Å²) < 4.78 is 10.4. The second-order valence-corrected chi connectivity index (χ2v) is 3.85. The van der Waals surface area contributed by atoms with E-state index in [0.717, 1.165) is 5.56 Å². The first-order valence-electron chi connectivity index (χ1n) is 5.53. The molecule has 0 amide bonds. The molecule has 3 rings (SSSR count). The van der Waals surface area contributed by atoms with Crippen molar-refractivity contribution in [2.45, 2.75) is 6.92 Å². The van der Waals surface area contributed by atoms with Gasteiger partial charge in [-0.25, -0.2) is 0 Å². The highest BCUT2D eigenvalue weighted by Crippen LogP contribution is 2.27. The van der Waals surface area contributed by atoms with E-state index in [1.54, 1.807) is 37.5 Å². The van der Waals surface area contributed by atoms with Crippen LogP contribution in [-0.2, 0) is 0 Å². The topological polar surface area (TPSA) is 88.7 Å². The Kier molecular flexibility index (Phi) is 2.58. The Morgan fingerprint density at radius 3 is 2.74 bits per heavy atom. The fourth-order valence-corrected chi connectivity index (χ4v) is 1.70. The lowest BCUT2D eigenvalue weighted by Gasteiger charge is -1.90. The molecule has 3 aromatic heterocycles. The van der Waals surface area contributed by atoms with Crippen molar-refractivity contribution in [2.24, 2.45) is 0 Å². The van der Waals surface area contributed by atoms with Gasteiger partial charge in [-0.2, -0.15) is 10.2 Å². The average Bonchev–Trinajstić information content (AvgIpc) is 3.06. The average molecular weight is 252 g/mol. The summed E-state index contributed by atoms with van der Waals surface area (Å²) in [6.07, 6.45) is 3.31. The van der Waals surface area contributed by atoms with Crippen molar-refractivity contribution in [1.29, 1.82) is 5.26 Å². The summed E-state index contributed by atoms with van der Waals surface area (Å²) in [5.74, 6) is 1.59. The summed E-state index contributed by atoms with van der Waals surface area (Å²) in [5, 5.41) is 12.7. The van der Waals surface area contributed by atoms with Gasteiger partial charge in [-0.3, -0.25) is 4.98 Å². The first kappa shape index (κ1) is 11.2. The second-order valence-electron chi connectivity index (χ2n) is 3.85. The third kappa shape index (κ3) is 1.98. The maximum Gasteiger partial charge on any atom is 0.261 e. The normalized spacial score (nSPS) is 10.3. The molecule has 0 radical (unpaired) electrons. The molecule has 6 heteroatoms. The van der Waals surface area contributed by atoms with Crippen LogP contribution in [0.1, 0.15) is 11.5 Å². The highest BCUT2D eigenvalue weighted by atomic mass is 16.5. The number of aryl methyl sites for hydroxylation is 1. The van der Waals surface area contributed by atoms with E-state index in [0.29, 0.717) is 23.0 Å². The number of nitrogens with zero attached hydrogens (tertiary/aromatic N) is 4. The monoisotopic (exact) mass is 252 g/mol. The van der Waals surface area contributed by atoms with Gasteiger partial charge < -0.3 is 8.94 Å². The van der Waals surface area contributed by atoms with E-state index in [1.807, 2.05) is 6.07 Å². The van der Waals surface area contributed by atoms with Gasteiger partial charge in [-0.1, -0.05) is 5.16 Å². The number of rotatable bonds is 2. The lowest BCUT2D eigenvalue weighted by atomic mass is 10.2. The van der Waals surface area contributed by atoms with Gasteiger partial charge in [0, 0.05) is 24.0 Å². The summed E-state index contributed by atoms with van der Waals surface area (Å²) in [7, 11) is 0. The van der Waals surface area contributed by atoms with E-state index < -0.39 is 0 Å². The van der Waals surface area contributed by atoms with Crippen molar-refractivity contribution in [3.05, 3.63) is 42.1 Å². The minimum atomic E-state index is 0.219. The molecule has 0 saturated heterocycles. The zero-order valence-corrected chi connectivity index (χ0v) is 9.99. The van der Waals surface area contributed by atoms with Crippen LogP contribution in [0.2, 0.25) is 0 Å². The zero-order valence-electron chi connectivity index (χ0n) is 9.99. The number of hydrogen-bond donors (Lipinski definition) is 0. The van der Waals surface area contributed by atoms with E-state index in [4.69, 9.17) is 14.2 Å². The largest absolute Gasteiger partial charge is 0.450 e. The fourth-order valence-electron chi connectivity index (χ4n) is 1.70. The van der Waals surface area contributed by atoms with E-state index >= 15 is 0 Å². The Morgan fingerprint density at radius 2 is 2.05 bits per heavy atom. The van der Waals surface area contributed by atoms with Crippen molar-refractivity contribution in [2.75, 3.05) is 0 Å². The van der Waals surface area contributed by atoms with Gasteiger partial charge in [0.25, 0.3) is 5.89 Å². The van der Waals surface area contributed by atoms with Crippen LogP contribution in [0.5, 0.6) is 0 Å². The van der Waals surface area contributed by atoms with Gasteiger partial charge in [0.2, 0.25) is 11.6 Å². The van der Waals surface area contributed by atoms with Crippen LogP contribution < -0.4 is 0 Å². The molecule has 0 aliphatic carbocycles. The molecule has 92 valence electrons. The second kappa shape index (κ2) is 4.38. The van der Waals surface area contributed by atoms with Crippen LogP contribution in [0.15, 0.2) is 39.5 Å². The van der Waals surface area contributed by atoms with Crippen molar-refractivity contribution in [1.82, 2.24) is 15.1 Å². The highest BCUT2D eigenvalue weighted by Gasteiger charge is 2.16. The summed E-state index contributed by atoms with van der Waals surface area (Å²) in [4.78, 5) is 8.21. The van der Waals surface area contributed by atoms with Crippen molar-refractivity contribution < 1.29 is 8.94 Å². The molecule has 0 aliphatic rings. The summed E-state index contributed by atoms with van der Waals surface area (Å²) >= 11 is 0. The molecule has 0 aromatic carbocycles. The predicted molar refractivity (Wildman–Crippen MR) is 64.7 cm³/mol. The zero-order chi connectivity index (χ0) is 13.2. The van der Waals surface area contributed by atoms with Crippen LogP contribution in [0.4, 0.5) is 0 Å². The number of pyridine rings is 1. The van der Waals surface area contributed by atoms with Gasteiger partial charge in [-0.05, 0) is 19.1 Å². The first-order chi connectivity index (χ1) is 9.28. The van der Waals surface area contributed by atoms with Crippen molar-refractivity contribution in [3.8, 4) is 28.9 Å². The molecular formula is C13H8N4O2. The van der Waals surface area contributed by atoms with Gasteiger partial charge >= 0.3 is 0 Å². The third-order valence-electron chi connectivity index (χ3n) is 2.62. The molecule has 0 spiro atoms. The first-order valence-corrected chi connectivity index (χ1v) is 5.53. The van der Waals surface area contributed by atoms with Crippen LogP contribution in [0, 0.1) is 18.3 Å². The Bertz CT molecular complexity index is 753. The summed E-state index contributed by atoms with van der Waals surface area (Å²) in [6.45, 7) is 1.74. The summed E-state index contributed by atoms with van der Waals surface area (Å²) in [6, 6.07) is 7.09. The minimum absolute atomic E-state index is 0.219. The molecule has 3 aromatic rings. The Morgan fingerprint density at radius 1 is 1.26 bits per heavy atom. The lowest BCUT2D eigenvalue weighted by molar-refractivity contribution is 0.430. The quantitative estimate of drug-likeness (QED) is 0.696. The molecular weight excluding hydrogens is 244 g/mol. The lowest BCUT2D eigenvalue weighted by Crippen LogP contribution is -1.81. The van der Waals surface area contributed by atoms with Gasteiger partial charge in [0.1, 0.15) is 11.8 Å².